The number of aryl methyl sites for hydroxylation is 1. The molecule has 3 rings (SSSR count). The van der Waals surface area contributed by atoms with Gasteiger partial charge in [0.1, 0.15) is 5.75 Å². The van der Waals surface area contributed by atoms with Gasteiger partial charge >= 0.3 is 17.6 Å². The third-order valence-corrected chi connectivity index (χ3v) is 8.28. The zero-order valence-electron chi connectivity index (χ0n) is 24.4. The molecule has 0 bridgehead atoms. The van der Waals surface area contributed by atoms with Gasteiger partial charge in [0, 0.05) is 12.1 Å². The van der Waals surface area contributed by atoms with Crippen LogP contribution >= 0.6 is 0 Å². The summed E-state index contributed by atoms with van der Waals surface area (Å²) in [5.41, 5.74) is 5.95. The van der Waals surface area contributed by atoms with Crippen LogP contribution in [0.5, 0.6) is 11.5 Å². The molecule has 2 atom stereocenters. The van der Waals surface area contributed by atoms with Crippen LogP contribution in [0.1, 0.15) is 101 Å². The fourth-order valence-electron chi connectivity index (χ4n) is 5.34. The standard InChI is InChI=1S/C32H43FN2O6/c1-4-6-7-8-22-9-11-23(12-10-22)13-14-24-15-17-25(18-16-24)40-31(36)26-19-28(35(38)39)29(20-27(26)34)41-32(37)30(33)21(3)5-2/h15-23,30H,4-14,34H2,1-3H3/t21-,22-,23-,30-/m0/s1. The molecular formula is C32H43FN2O6. The number of esters is 2. The van der Waals surface area contributed by atoms with Gasteiger partial charge < -0.3 is 15.2 Å². The lowest BCUT2D eigenvalue weighted by Crippen LogP contribution is -2.28. The highest BCUT2D eigenvalue weighted by atomic mass is 19.1. The molecule has 0 heterocycles. The number of nitrogen functional groups attached to an aromatic ring is 1. The van der Waals surface area contributed by atoms with Gasteiger partial charge in [-0.1, -0.05) is 90.7 Å². The van der Waals surface area contributed by atoms with Crippen molar-refractivity contribution in [2.45, 2.75) is 97.6 Å². The van der Waals surface area contributed by atoms with E-state index in [9.17, 15) is 24.1 Å². The molecule has 0 spiro atoms. The highest BCUT2D eigenvalue weighted by molar-refractivity contribution is 5.98. The van der Waals surface area contributed by atoms with Crippen molar-refractivity contribution in [1.29, 1.82) is 0 Å². The fourth-order valence-corrected chi connectivity index (χ4v) is 5.34. The Bertz CT molecular complexity index is 1180. The molecule has 0 radical (unpaired) electrons. The number of carbonyl (C=O) groups excluding carboxylic acids is 2. The molecule has 0 saturated heterocycles. The summed E-state index contributed by atoms with van der Waals surface area (Å²) in [5, 5.41) is 11.6. The number of anilines is 1. The lowest BCUT2D eigenvalue weighted by Gasteiger charge is -2.28. The van der Waals surface area contributed by atoms with Gasteiger partial charge in [-0.05, 0) is 48.3 Å². The van der Waals surface area contributed by atoms with Crippen molar-refractivity contribution in [3.05, 3.63) is 57.6 Å². The third-order valence-electron chi connectivity index (χ3n) is 8.28. The molecule has 2 aromatic carbocycles. The first-order valence-electron chi connectivity index (χ1n) is 14.9. The lowest BCUT2D eigenvalue weighted by molar-refractivity contribution is -0.385. The molecule has 1 saturated carbocycles. The van der Waals surface area contributed by atoms with Gasteiger partial charge in [-0.25, -0.2) is 14.0 Å². The van der Waals surface area contributed by atoms with E-state index in [0.717, 1.165) is 42.4 Å². The highest BCUT2D eigenvalue weighted by Gasteiger charge is 2.30. The van der Waals surface area contributed by atoms with E-state index in [2.05, 4.69) is 6.92 Å². The van der Waals surface area contributed by atoms with Crippen LogP contribution < -0.4 is 15.2 Å². The number of ether oxygens (including phenoxy) is 2. The zero-order valence-corrected chi connectivity index (χ0v) is 24.4. The number of rotatable bonds is 14. The summed E-state index contributed by atoms with van der Waals surface area (Å²) >= 11 is 0. The minimum Gasteiger partial charge on any atom is -0.423 e. The van der Waals surface area contributed by atoms with Crippen molar-refractivity contribution in [2.24, 2.45) is 17.8 Å². The first kappa shape index (κ1) is 32.0. The molecule has 224 valence electrons. The SMILES string of the molecule is CCCCC[C@H]1CC[C@H](CCc2ccc(OC(=O)c3cc([N+](=O)[O-])c(OC(=O)[C@@H](F)[C@@H](C)CC)cc3N)cc2)CC1. The van der Waals surface area contributed by atoms with Gasteiger partial charge in [0.15, 0.2) is 6.17 Å². The van der Waals surface area contributed by atoms with E-state index < -0.39 is 40.4 Å². The average molecular weight is 571 g/mol. The Morgan fingerprint density at radius 2 is 1.66 bits per heavy atom. The van der Waals surface area contributed by atoms with Crippen LogP contribution in [-0.2, 0) is 11.2 Å². The summed E-state index contributed by atoms with van der Waals surface area (Å²) in [7, 11) is 0. The number of carbonyl (C=O) groups is 2. The molecule has 2 aromatic rings. The van der Waals surface area contributed by atoms with Crippen LogP contribution in [0.2, 0.25) is 0 Å². The lowest BCUT2D eigenvalue weighted by atomic mass is 9.78. The molecule has 2 N–H and O–H groups in total. The van der Waals surface area contributed by atoms with E-state index in [1.54, 1.807) is 19.1 Å². The molecular weight excluding hydrogens is 527 g/mol. The summed E-state index contributed by atoms with van der Waals surface area (Å²) in [6.07, 6.45) is 11.1. The molecule has 0 aromatic heterocycles. The highest BCUT2D eigenvalue weighted by Crippen LogP contribution is 2.35. The summed E-state index contributed by atoms with van der Waals surface area (Å²) < 4.78 is 24.6. The van der Waals surface area contributed by atoms with Crippen LogP contribution in [-0.4, -0.2) is 23.0 Å². The number of alkyl halides is 1. The van der Waals surface area contributed by atoms with E-state index in [1.807, 2.05) is 12.1 Å². The van der Waals surface area contributed by atoms with Crippen LogP contribution in [0.25, 0.3) is 0 Å². The fraction of sp³-hybridized carbons (Fsp3) is 0.562. The number of nitro groups is 1. The van der Waals surface area contributed by atoms with E-state index in [1.165, 1.54) is 58.3 Å². The molecule has 1 aliphatic carbocycles. The first-order valence-corrected chi connectivity index (χ1v) is 14.9. The molecule has 0 amide bonds. The van der Waals surface area contributed by atoms with E-state index in [4.69, 9.17) is 15.2 Å². The summed E-state index contributed by atoms with van der Waals surface area (Å²) in [5.74, 6) is -1.39. The van der Waals surface area contributed by atoms with E-state index in [0.29, 0.717) is 6.42 Å². The average Bonchev–Trinajstić information content (AvgIpc) is 2.96. The van der Waals surface area contributed by atoms with E-state index in [-0.39, 0.29) is 17.0 Å². The smallest absolute Gasteiger partial charge is 0.346 e. The summed E-state index contributed by atoms with van der Waals surface area (Å²) in [6, 6.07) is 9.06. The first-order chi connectivity index (χ1) is 19.6. The Hall–Kier alpha value is -3.49. The third kappa shape index (κ3) is 9.26. The molecule has 0 unspecified atom stereocenters. The molecule has 1 aliphatic rings. The maximum Gasteiger partial charge on any atom is 0.346 e. The monoisotopic (exact) mass is 570 g/mol. The number of unbranched alkanes of at least 4 members (excludes halogenated alkanes) is 2. The summed E-state index contributed by atoms with van der Waals surface area (Å²) in [4.78, 5) is 35.7. The molecule has 1 fully saturated rings. The Morgan fingerprint density at radius 1 is 1.02 bits per heavy atom. The van der Waals surface area contributed by atoms with Crippen molar-refractivity contribution in [1.82, 2.24) is 0 Å². The van der Waals surface area contributed by atoms with E-state index >= 15 is 0 Å². The largest absolute Gasteiger partial charge is 0.423 e. The molecule has 0 aliphatic heterocycles. The van der Waals surface area contributed by atoms with Crippen molar-refractivity contribution in [3.63, 3.8) is 0 Å². The molecule has 9 heteroatoms. The second-order valence-electron chi connectivity index (χ2n) is 11.3. The Kier molecular flexibility index (Phi) is 12.1. The van der Waals surface area contributed by atoms with Crippen LogP contribution in [0.15, 0.2) is 36.4 Å². The topological polar surface area (TPSA) is 122 Å². The molecule has 41 heavy (non-hydrogen) atoms. The Morgan fingerprint density at radius 3 is 2.24 bits per heavy atom. The maximum atomic E-state index is 14.2. The van der Waals surface area contributed by atoms with Gasteiger partial charge in [-0.3, -0.25) is 10.1 Å². The summed E-state index contributed by atoms with van der Waals surface area (Å²) in [6.45, 7) is 5.48. The minimum absolute atomic E-state index is 0.195. The second-order valence-corrected chi connectivity index (χ2v) is 11.3. The van der Waals surface area contributed by atoms with Crippen molar-refractivity contribution >= 4 is 23.3 Å². The molecule has 8 nitrogen and oxygen atoms in total. The minimum atomic E-state index is -1.95. The Labute approximate surface area is 241 Å². The number of hydrogen-bond donors (Lipinski definition) is 1. The quantitative estimate of drug-likeness (QED) is 0.0609. The van der Waals surface area contributed by atoms with Gasteiger partial charge in [-0.15, -0.1) is 0 Å². The van der Waals surface area contributed by atoms with Crippen molar-refractivity contribution in [2.75, 3.05) is 5.73 Å². The number of nitrogens with two attached hydrogens (primary N) is 1. The van der Waals surface area contributed by atoms with Gasteiger partial charge in [0.2, 0.25) is 5.75 Å². The Balaban J connectivity index is 1.57. The van der Waals surface area contributed by atoms with Crippen LogP contribution in [0.4, 0.5) is 15.8 Å². The predicted octanol–water partition coefficient (Wildman–Crippen LogP) is 8.01. The number of halogens is 1. The normalized spacial score (nSPS) is 18.3. The van der Waals surface area contributed by atoms with Gasteiger partial charge in [-0.2, -0.15) is 0 Å². The second kappa shape index (κ2) is 15.5. The zero-order chi connectivity index (χ0) is 29.9. The number of benzene rings is 2. The number of hydrogen-bond acceptors (Lipinski definition) is 7. The van der Waals surface area contributed by atoms with Gasteiger partial charge in [0.25, 0.3) is 0 Å². The van der Waals surface area contributed by atoms with Gasteiger partial charge in [0.05, 0.1) is 16.2 Å². The van der Waals surface area contributed by atoms with Crippen LogP contribution in [0.3, 0.4) is 0 Å². The van der Waals surface area contributed by atoms with Crippen LogP contribution in [0, 0.1) is 27.9 Å². The van der Waals surface area contributed by atoms with Crippen molar-refractivity contribution in [3.8, 4) is 11.5 Å². The van der Waals surface area contributed by atoms with Crippen molar-refractivity contribution < 1.29 is 28.4 Å². The predicted molar refractivity (Wildman–Crippen MR) is 157 cm³/mol. The maximum absolute atomic E-state index is 14.2. The number of nitro benzene ring substituents is 1. The number of nitrogens with zero attached hydrogens (tertiary/aromatic N) is 1.